The van der Waals surface area contributed by atoms with E-state index in [0.29, 0.717) is 16.9 Å². The normalized spacial score (nSPS) is 10.9. The van der Waals surface area contributed by atoms with Crippen LogP contribution in [0.4, 0.5) is 11.4 Å². The Morgan fingerprint density at radius 1 is 0.955 bits per heavy atom. The Morgan fingerprint density at radius 2 is 1.64 bits per heavy atom. The summed E-state index contributed by atoms with van der Waals surface area (Å²) in [5, 5.41) is 5.59. The van der Waals surface area contributed by atoms with Crippen molar-refractivity contribution in [3.63, 3.8) is 0 Å². The average Bonchev–Trinajstić information content (AvgIpc) is 2.47. The van der Waals surface area contributed by atoms with E-state index in [0.717, 1.165) is 0 Å². The molecule has 5 heteroatoms. The Morgan fingerprint density at radius 3 is 2.27 bits per heavy atom. The minimum Gasteiger partial charge on any atom is -0.326 e. The fourth-order valence-electron chi connectivity index (χ4n) is 1.70. The van der Waals surface area contributed by atoms with Crippen LogP contribution in [0.25, 0.3) is 0 Å². The number of rotatable bonds is 3. The second-order valence-corrected chi connectivity index (χ2v) is 5.97. The standard InChI is InChI=1S/C17H19N3O2/c1-17(2,3)16(22)20-14-6-4-5-12(11-14)15(21)19-13-7-9-18-10-8-13/h4-11H,1-3H3,(H,20,22)(H,18,19,21). The lowest BCUT2D eigenvalue weighted by atomic mass is 9.95. The average molecular weight is 297 g/mol. The van der Waals surface area contributed by atoms with Gasteiger partial charge in [0, 0.05) is 34.7 Å². The van der Waals surface area contributed by atoms with E-state index in [4.69, 9.17) is 0 Å². The predicted octanol–water partition coefficient (Wildman–Crippen LogP) is 3.32. The van der Waals surface area contributed by atoms with Gasteiger partial charge in [0.05, 0.1) is 0 Å². The molecule has 0 saturated carbocycles. The van der Waals surface area contributed by atoms with Crippen LogP contribution in [0.1, 0.15) is 31.1 Å². The third-order valence-corrected chi connectivity index (χ3v) is 3.00. The van der Waals surface area contributed by atoms with E-state index in [1.807, 2.05) is 20.8 Å². The van der Waals surface area contributed by atoms with Crippen LogP contribution < -0.4 is 10.6 Å². The van der Waals surface area contributed by atoms with Gasteiger partial charge in [-0.25, -0.2) is 0 Å². The van der Waals surface area contributed by atoms with Gasteiger partial charge in [-0.3, -0.25) is 14.6 Å². The third-order valence-electron chi connectivity index (χ3n) is 3.00. The second kappa shape index (κ2) is 6.39. The Labute approximate surface area is 129 Å². The molecule has 0 spiro atoms. The number of nitrogens with zero attached hydrogens (tertiary/aromatic N) is 1. The van der Waals surface area contributed by atoms with Crippen LogP contribution in [-0.2, 0) is 4.79 Å². The van der Waals surface area contributed by atoms with Crippen molar-refractivity contribution in [2.75, 3.05) is 10.6 Å². The largest absolute Gasteiger partial charge is 0.326 e. The number of hydrogen-bond acceptors (Lipinski definition) is 3. The van der Waals surface area contributed by atoms with Crippen molar-refractivity contribution >= 4 is 23.2 Å². The van der Waals surface area contributed by atoms with Crippen LogP contribution in [0.15, 0.2) is 48.8 Å². The van der Waals surface area contributed by atoms with Gasteiger partial charge in [-0.2, -0.15) is 0 Å². The highest BCUT2D eigenvalue weighted by Gasteiger charge is 2.21. The van der Waals surface area contributed by atoms with Crippen molar-refractivity contribution < 1.29 is 9.59 Å². The molecule has 2 N–H and O–H groups in total. The van der Waals surface area contributed by atoms with Crippen molar-refractivity contribution in [1.29, 1.82) is 0 Å². The van der Waals surface area contributed by atoms with Gasteiger partial charge in [0.15, 0.2) is 0 Å². The van der Waals surface area contributed by atoms with Crippen LogP contribution in [0.3, 0.4) is 0 Å². The molecule has 0 unspecified atom stereocenters. The summed E-state index contributed by atoms with van der Waals surface area (Å²) in [6, 6.07) is 10.3. The lowest BCUT2D eigenvalue weighted by Gasteiger charge is -2.18. The molecule has 0 atom stereocenters. The summed E-state index contributed by atoms with van der Waals surface area (Å²) < 4.78 is 0. The summed E-state index contributed by atoms with van der Waals surface area (Å²) in [5.74, 6) is -0.336. The topological polar surface area (TPSA) is 71.1 Å². The van der Waals surface area contributed by atoms with E-state index in [1.54, 1.807) is 48.8 Å². The summed E-state index contributed by atoms with van der Waals surface area (Å²) in [5.41, 5.74) is 1.25. The quantitative estimate of drug-likeness (QED) is 0.913. The molecule has 5 nitrogen and oxygen atoms in total. The monoisotopic (exact) mass is 297 g/mol. The molecule has 22 heavy (non-hydrogen) atoms. The van der Waals surface area contributed by atoms with Crippen LogP contribution >= 0.6 is 0 Å². The maximum absolute atomic E-state index is 12.2. The van der Waals surface area contributed by atoms with Crippen LogP contribution in [0, 0.1) is 5.41 Å². The molecule has 1 heterocycles. The number of carbonyl (C=O) groups excluding carboxylic acids is 2. The van der Waals surface area contributed by atoms with Crippen molar-refractivity contribution in [3.8, 4) is 0 Å². The number of benzene rings is 1. The first-order valence-corrected chi connectivity index (χ1v) is 6.99. The summed E-state index contributed by atoms with van der Waals surface area (Å²) >= 11 is 0. The number of hydrogen-bond donors (Lipinski definition) is 2. The first-order chi connectivity index (χ1) is 10.4. The van der Waals surface area contributed by atoms with Crippen LogP contribution in [-0.4, -0.2) is 16.8 Å². The van der Waals surface area contributed by atoms with Gasteiger partial charge in [0.1, 0.15) is 0 Å². The number of carbonyl (C=O) groups is 2. The van der Waals surface area contributed by atoms with Gasteiger partial charge in [-0.1, -0.05) is 26.8 Å². The van der Waals surface area contributed by atoms with Gasteiger partial charge in [-0.15, -0.1) is 0 Å². The van der Waals surface area contributed by atoms with Gasteiger partial charge in [0.2, 0.25) is 5.91 Å². The molecule has 0 radical (unpaired) electrons. The SMILES string of the molecule is CC(C)(C)C(=O)Nc1cccc(C(=O)Nc2ccncc2)c1. The smallest absolute Gasteiger partial charge is 0.255 e. The van der Waals surface area contributed by atoms with Gasteiger partial charge < -0.3 is 10.6 Å². The maximum atomic E-state index is 12.2. The van der Waals surface area contributed by atoms with E-state index < -0.39 is 5.41 Å². The number of pyridine rings is 1. The Bertz CT molecular complexity index is 676. The molecule has 114 valence electrons. The fraction of sp³-hybridized carbons (Fsp3) is 0.235. The first-order valence-electron chi connectivity index (χ1n) is 6.99. The van der Waals surface area contributed by atoms with Crippen LogP contribution in [0.2, 0.25) is 0 Å². The minimum atomic E-state index is -0.491. The minimum absolute atomic E-state index is 0.0980. The molecular formula is C17H19N3O2. The molecule has 2 rings (SSSR count). The van der Waals surface area contributed by atoms with E-state index in [9.17, 15) is 9.59 Å². The Kier molecular flexibility index (Phi) is 4.56. The molecule has 1 aromatic carbocycles. The summed E-state index contributed by atoms with van der Waals surface area (Å²) in [4.78, 5) is 28.1. The lowest BCUT2D eigenvalue weighted by Crippen LogP contribution is -2.27. The fourth-order valence-corrected chi connectivity index (χ4v) is 1.70. The number of aromatic nitrogens is 1. The molecule has 0 saturated heterocycles. The van der Waals surface area contributed by atoms with E-state index in [2.05, 4.69) is 15.6 Å². The van der Waals surface area contributed by atoms with E-state index in [-0.39, 0.29) is 11.8 Å². The predicted molar refractivity (Wildman–Crippen MR) is 86.7 cm³/mol. The number of nitrogens with one attached hydrogen (secondary N) is 2. The highest BCUT2D eigenvalue weighted by Crippen LogP contribution is 2.18. The first kappa shape index (κ1) is 15.7. The molecular weight excluding hydrogens is 278 g/mol. The van der Waals surface area contributed by atoms with Crippen molar-refractivity contribution in [2.24, 2.45) is 5.41 Å². The van der Waals surface area contributed by atoms with Gasteiger partial charge in [0.25, 0.3) is 5.91 Å². The third kappa shape index (κ3) is 4.15. The molecule has 2 amide bonds. The molecule has 2 aromatic rings. The molecule has 0 aliphatic rings. The Balaban J connectivity index is 2.11. The number of anilines is 2. The second-order valence-electron chi connectivity index (χ2n) is 5.97. The Hall–Kier alpha value is -2.69. The van der Waals surface area contributed by atoms with Gasteiger partial charge >= 0.3 is 0 Å². The zero-order valence-electron chi connectivity index (χ0n) is 12.9. The van der Waals surface area contributed by atoms with Gasteiger partial charge in [-0.05, 0) is 30.3 Å². The highest BCUT2D eigenvalue weighted by atomic mass is 16.2. The molecule has 0 fully saturated rings. The van der Waals surface area contributed by atoms with Crippen LogP contribution in [0.5, 0.6) is 0 Å². The molecule has 0 bridgehead atoms. The molecule has 0 aliphatic heterocycles. The lowest BCUT2D eigenvalue weighted by molar-refractivity contribution is -0.123. The maximum Gasteiger partial charge on any atom is 0.255 e. The highest BCUT2D eigenvalue weighted by molar-refractivity contribution is 6.05. The zero-order chi connectivity index (χ0) is 16.2. The summed E-state index contributed by atoms with van der Waals surface area (Å²) in [6.07, 6.45) is 3.21. The summed E-state index contributed by atoms with van der Waals surface area (Å²) in [7, 11) is 0. The van der Waals surface area contributed by atoms with Crippen molar-refractivity contribution in [2.45, 2.75) is 20.8 Å². The van der Waals surface area contributed by atoms with E-state index >= 15 is 0 Å². The van der Waals surface area contributed by atoms with Crippen molar-refractivity contribution in [3.05, 3.63) is 54.4 Å². The zero-order valence-corrected chi connectivity index (χ0v) is 12.9. The number of amides is 2. The molecule has 1 aromatic heterocycles. The molecule has 0 aliphatic carbocycles. The summed E-state index contributed by atoms with van der Waals surface area (Å²) in [6.45, 7) is 5.51. The van der Waals surface area contributed by atoms with E-state index in [1.165, 1.54) is 0 Å². The van der Waals surface area contributed by atoms with Crippen molar-refractivity contribution in [1.82, 2.24) is 4.98 Å².